The van der Waals surface area contributed by atoms with E-state index in [-0.39, 0.29) is 6.04 Å². The van der Waals surface area contributed by atoms with E-state index in [0.29, 0.717) is 0 Å². The first-order valence-corrected chi connectivity index (χ1v) is 4.82. The van der Waals surface area contributed by atoms with E-state index < -0.39 is 0 Å². The van der Waals surface area contributed by atoms with Crippen LogP contribution in [-0.2, 0) is 0 Å². The molecule has 1 rings (SSSR count). The summed E-state index contributed by atoms with van der Waals surface area (Å²) in [5.74, 6) is 0. The number of thiophene rings is 1. The van der Waals surface area contributed by atoms with Gasteiger partial charge in [0.15, 0.2) is 0 Å². The summed E-state index contributed by atoms with van der Waals surface area (Å²) in [7, 11) is 0. The lowest BCUT2D eigenvalue weighted by Gasteiger charge is -1.99. The Labute approximate surface area is 78.1 Å². The highest BCUT2D eigenvalue weighted by Crippen LogP contribution is 2.21. The van der Waals surface area contributed by atoms with Gasteiger partial charge in [0.25, 0.3) is 0 Å². The lowest BCUT2D eigenvalue weighted by molar-refractivity contribution is 0.920. The highest BCUT2D eigenvalue weighted by Gasteiger charge is 2.01. The minimum Gasteiger partial charge on any atom is -0.321 e. The molecule has 0 aliphatic carbocycles. The number of nitrogens with two attached hydrogens (primary N) is 1. The maximum atomic E-state index is 5.69. The van der Waals surface area contributed by atoms with Gasteiger partial charge < -0.3 is 5.73 Å². The second kappa shape index (κ2) is 3.50. The molecule has 1 aromatic heterocycles. The zero-order valence-corrected chi connectivity index (χ0v) is 8.35. The van der Waals surface area contributed by atoms with Crippen molar-refractivity contribution < 1.29 is 0 Å². The smallest absolute Gasteiger partial charge is 0.0656 e. The summed E-state index contributed by atoms with van der Waals surface area (Å²) >= 11 is 3.99. The molecular weight excluding hydrogens is 257 g/mol. The van der Waals surface area contributed by atoms with Crippen LogP contribution in [0.2, 0.25) is 0 Å². The highest BCUT2D eigenvalue weighted by atomic mass is 127. The number of hydrogen-bond acceptors (Lipinski definition) is 2. The van der Waals surface area contributed by atoms with Crippen LogP contribution in [-0.4, -0.2) is 0 Å². The van der Waals surface area contributed by atoms with Crippen molar-refractivity contribution in [2.45, 2.75) is 6.04 Å². The van der Waals surface area contributed by atoms with Crippen LogP contribution in [0.3, 0.4) is 0 Å². The third kappa shape index (κ3) is 1.81. The molecule has 54 valence electrons. The van der Waals surface area contributed by atoms with Crippen LogP contribution in [0.15, 0.2) is 24.1 Å². The minimum atomic E-state index is -0.000217. The fourth-order valence-electron chi connectivity index (χ4n) is 0.634. The van der Waals surface area contributed by atoms with Crippen molar-refractivity contribution in [3.05, 3.63) is 32.5 Å². The van der Waals surface area contributed by atoms with Crippen molar-refractivity contribution in [3.63, 3.8) is 0 Å². The van der Waals surface area contributed by atoms with Crippen LogP contribution in [0.25, 0.3) is 0 Å². The number of rotatable bonds is 2. The van der Waals surface area contributed by atoms with E-state index in [9.17, 15) is 0 Å². The van der Waals surface area contributed by atoms with E-state index in [1.54, 1.807) is 17.4 Å². The van der Waals surface area contributed by atoms with Crippen molar-refractivity contribution in [1.29, 1.82) is 0 Å². The Bertz CT molecular complexity index is 231. The van der Waals surface area contributed by atoms with Gasteiger partial charge in [0, 0.05) is 6.04 Å². The molecule has 1 nitrogen and oxygen atoms in total. The number of halogens is 1. The van der Waals surface area contributed by atoms with Gasteiger partial charge in [-0.25, -0.2) is 0 Å². The predicted octanol–water partition coefficient (Wildman–Crippen LogP) is 2.54. The summed E-state index contributed by atoms with van der Waals surface area (Å²) in [6.07, 6.45) is 1.75. The molecule has 1 atom stereocenters. The average molecular weight is 265 g/mol. The summed E-state index contributed by atoms with van der Waals surface area (Å²) in [5.41, 5.74) is 6.85. The Morgan fingerprint density at radius 1 is 1.80 bits per heavy atom. The maximum Gasteiger partial charge on any atom is 0.0656 e. The quantitative estimate of drug-likeness (QED) is 0.645. The second-order valence-electron chi connectivity index (χ2n) is 1.95. The van der Waals surface area contributed by atoms with Gasteiger partial charge in [0.1, 0.15) is 0 Å². The monoisotopic (exact) mass is 265 g/mol. The molecule has 2 N–H and O–H groups in total. The van der Waals surface area contributed by atoms with Gasteiger partial charge in [-0.2, -0.15) is 0 Å². The topological polar surface area (TPSA) is 26.0 Å². The first-order chi connectivity index (χ1) is 4.74. The largest absolute Gasteiger partial charge is 0.321 e. The molecule has 0 fully saturated rings. The lowest BCUT2D eigenvalue weighted by atomic mass is 10.2. The normalized spacial score (nSPS) is 13.0. The fraction of sp³-hybridized carbons (Fsp3) is 0.143. The van der Waals surface area contributed by atoms with Crippen LogP contribution >= 0.6 is 33.9 Å². The van der Waals surface area contributed by atoms with Crippen molar-refractivity contribution in [2.24, 2.45) is 5.73 Å². The molecule has 0 amide bonds. The number of hydrogen-bond donors (Lipinski definition) is 1. The van der Waals surface area contributed by atoms with Gasteiger partial charge in [0.2, 0.25) is 0 Å². The molecule has 1 aromatic rings. The van der Waals surface area contributed by atoms with Gasteiger partial charge in [0.05, 0.1) is 2.88 Å². The summed E-state index contributed by atoms with van der Waals surface area (Å²) in [5, 5.41) is 2.06. The molecule has 1 unspecified atom stereocenters. The standard InChI is InChI=1S/C7H8INS/c1-2-6(9)5-3-7(8)10-4-5/h2-4,6H,1,9H2. The van der Waals surface area contributed by atoms with Crippen LogP contribution in [0.4, 0.5) is 0 Å². The van der Waals surface area contributed by atoms with Crippen LogP contribution in [0, 0.1) is 2.88 Å². The third-order valence-corrected chi connectivity index (χ3v) is 3.03. The van der Waals surface area contributed by atoms with Crippen molar-refractivity contribution >= 4 is 33.9 Å². The first kappa shape index (κ1) is 8.23. The summed E-state index contributed by atoms with van der Waals surface area (Å²) < 4.78 is 1.27. The molecule has 0 bridgehead atoms. The van der Waals surface area contributed by atoms with E-state index in [4.69, 9.17) is 5.73 Å². The molecule has 0 aliphatic rings. The van der Waals surface area contributed by atoms with Crippen molar-refractivity contribution in [2.75, 3.05) is 0 Å². The van der Waals surface area contributed by atoms with Crippen molar-refractivity contribution in [1.82, 2.24) is 0 Å². The third-order valence-electron chi connectivity index (χ3n) is 1.23. The Morgan fingerprint density at radius 3 is 2.90 bits per heavy atom. The van der Waals surface area contributed by atoms with Gasteiger partial charge in [-0.05, 0) is 39.6 Å². The predicted molar refractivity (Wildman–Crippen MR) is 54.2 cm³/mol. The van der Waals surface area contributed by atoms with Crippen LogP contribution in [0.1, 0.15) is 11.6 Å². The molecule has 0 saturated heterocycles. The van der Waals surface area contributed by atoms with E-state index in [1.165, 1.54) is 2.88 Å². The molecule has 0 aromatic carbocycles. The molecule has 0 spiro atoms. The zero-order chi connectivity index (χ0) is 7.56. The Morgan fingerprint density at radius 2 is 2.50 bits per heavy atom. The van der Waals surface area contributed by atoms with Gasteiger partial charge in [-0.3, -0.25) is 0 Å². The molecule has 3 heteroatoms. The summed E-state index contributed by atoms with van der Waals surface area (Å²) in [6.45, 7) is 3.62. The van der Waals surface area contributed by atoms with Gasteiger partial charge >= 0.3 is 0 Å². The Balaban J connectivity index is 2.84. The minimum absolute atomic E-state index is 0.000217. The maximum absolute atomic E-state index is 5.69. The SMILES string of the molecule is C=CC(N)c1csc(I)c1. The molecule has 10 heavy (non-hydrogen) atoms. The highest BCUT2D eigenvalue weighted by molar-refractivity contribution is 14.1. The van der Waals surface area contributed by atoms with E-state index in [0.717, 1.165) is 5.56 Å². The fourth-order valence-corrected chi connectivity index (χ4v) is 2.05. The first-order valence-electron chi connectivity index (χ1n) is 2.86. The molecule has 1 heterocycles. The molecule has 0 radical (unpaired) electrons. The van der Waals surface area contributed by atoms with E-state index >= 15 is 0 Å². The van der Waals surface area contributed by atoms with Crippen molar-refractivity contribution in [3.8, 4) is 0 Å². The Kier molecular flexibility index (Phi) is 2.88. The van der Waals surface area contributed by atoms with Crippen LogP contribution < -0.4 is 5.73 Å². The van der Waals surface area contributed by atoms with Crippen LogP contribution in [0.5, 0.6) is 0 Å². The Hall–Kier alpha value is 0.130. The van der Waals surface area contributed by atoms with Gasteiger partial charge in [-0.15, -0.1) is 17.9 Å². The second-order valence-corrected chi connectivity index (χ2v) is 4.75. The molecule has 0 aliphatic heterocycles. The van der Waals surface area contributed by atoms with E-state index in [1.807, 2.05) is 0 Å². The summed E-state index contributed by atoms with van der Waals surface area (Å²) in [6, 6.07) is 2.08. The average Bonchev–Trinajstić information content (AvgIpc) is 2.34. The van der Waals surface area contributed by atoms with E-state index in [2.05, 4.69) is 40.6 Å². The lowest BCUT2D eigenvalue weighted by Crippen LogP contribution is -2.04. The van der Waals surface area contributed by atoms with Gasteiger partial charge in [-0.1, -0.05) is 6.08 Å². The molecule has 0 saturated carbocycles. The summed E-state index contributed by atoms with van der Waals surface area (Å²) in [4.78, 5) is 0. The molecular formula is C7H8INS. The zero-order valence-electron chi connectivity index (χ0n) is 5.38.